The lowest BCUT2D eigenvalue weighted by Gasteiger charge is -2.09. The number of hydrogen-bond donors (Lipinski definition) is 1. The van der Waals surface area contributed by atoms with Crippen LogP contribution >= 0.6 is 22.7 Å². The summed E-state index contributed by atoms with van der Waals surface area (Å²) < 4.78 is 0. The Labute approximate surface area is 104 Å². The Kier molecular flexibility index (Phi) is 4.09. The molecule has 0 spiro atoms. The molecular weight excluding hydrogens is 236 g/mol. The van der Waals surface area contributed by atoms with E-state index in [1.807, 2.05) is 17.5 Å². The van der Waals surface area contributed by atoms with Crippen LogP contribution in [-0.2, 0) is 13.0 Å². The fourth-order valence-corrected chi connectivity index (χ4v) is 2.99. The first-order valence-electron chi connectivity index (χ1n) is 5.48. The zero-order valence-electron chi connectivity index (χ0n) is 9.56. The molecule has 2 aromatic rings. The van der Waals surface area contributed by atoms with Crippen molar-refractivity contribution >= 4 is 22.7 Å². The molecule has 16 heavy (non-hydrogen) atoms. The third-order valence-corrected chi connectivity index (χ3v) is 4.54. The van der Waals surface area contributed by atoms with E-state index in [0.717, 1.165) is 13.0 Å². The molecule has 1 N–H and O–H groups in total. The fourth-order valence-electron chi connectivity index (χ4n) is 1.44. The van der Waals surface area contributed by atoms with E-state index in [9.17, 15) is 0 Å². The Morgan fingerprint density at radius 2 is 2.38 bits per heavy atom. The predicted octanol–water partition coefficient (Wildman–Crippen LogP) is 3.62. The van der Waals surface area contributed by atoms with Crippen molar-refractivity contribution < 1.29 is 0 Å². The lowest BCUT2D eigenvalue weighted by atomic mass is 10.3. The number of thiophene rings is 1. The van der Waals surface area contributed by atoms with Gasteiger partial charge in [0.25, 0.3) is 0 Å². The van der Waals surface area contributed by atoms with Crippen molar-refractivity contribution in [3.8, 4) is 0 Å². The van der Waals surface area contributed by atoms with Gasteiger partial charge >= 0.3 is 0 Å². The molecule has 2 heterocycles. The Hall–Kier alpha value is -0.710. The lowest BCUT2D eigenvalue weighted by molar-refractivity contribution is 0.572. The van der Waals surface area contributed by atoms with Crippen molar-refractivity contribution in [3.05, 3.63) is 38.5 Å². The van der Waals surface area contributed by atoms with Gasteiger partial charge in [0, 0.05) is 17.6 Å². The predicted molar refractivity (Wildman–Crippen MR) is 71.1 cm³/mol. The van der Waals surface area contributed by atoms with Crippen LogP contribution in [-0.4, -0.2) is 4.98 Å². The minimum atomic E-state index is 0.338. The minimum Gasteiger partial charge on any atom is -0.304 e. The van der Waals surface area contributed by atoms with Gasteiger partial charge in [-0.15, -0.1) is 11.3 Å². The maximum absolute atomic E-state index is 4.45. The molecule has 0 saturated heterocycles. The number of thiazole rings is 1. The summed E-state index contributed by atoms with van der Waals surface area (Å²) >= 11 is 3.55. The molecule has 0 saturated carbocycles. The molecule has 0 aliphatic carbocycles. The molecule has 0 fully saturated rings. The maximum atomic E-state index is 4.45. The van der Waals surface area contributed by atoms with E-state index in [-0.39, 0.29) is 0 Å². The quantitative estimate of drug-likeness (QED) is 0.879. The van der Waals surface area contributed by atoms with Crippen molar-refractivity contribution in [1.82, 2.24) is 10.3 Å². The molecule has 0 aromatic carbocycles. The highest BCUT2D eigenvalue weighted by molar-refractivity contribution is 7.11. The summed E-state index contributed by atoms with van der Waals surface area (Å²) in [5.41, 5.74) is 1.35. The van der Waals surface area contributed by atoms with Crippen LogP contribution in [0.15, 0.2) is 23.0 Å². The van der Waals surface area contributed by atoms with Gasteiger partial charge in [-0.1, -0.05) is 6.92 Å². The normalized spacial score (nSPS) is 12.9. The molecule has 0 bridgehead atoms. The Balaban J connectivity index is 1.90. The van der Waals surface area contributed by atoms with E-state index in [4.69, 9.17) is 0 Å². The summed E-state index contributed by atoms with van der Waals surface area (Å²) in [5.74, 6) is 0. The van der Waals surface area contributed by atoms with Gasteiger partial charge in [-0.2, -0.15) is 11.3 Å². The third kappa shape index (κ3) is 2.90. The molecule has 2 rings (SSSR count). The first kappa shape index (κ1) is 11.8. The van der Waals surface area contributed by atoms with Crippen molar-refractivity contribution in [2.45, 2.75) is 32.9 Å². The van der Waals surface area contributed by atoms with E-state index in [1.165, 1.54) is 15.4 Å². The van der Waals surface area contributed by atoms with Gasteiger partial charge in [0.1, 0.15) is 5.01 Å². The van der Waals surface area contributed by atoms with Crippen LogP contribution in [0, 0.1) is 0 Å². The fraction of sp³-hybridized carbons (Fsp3) is 0.417. The second-order valence-electron chi connectivity index (χ2n) is 3.75. The Morgan fingerprint density at radius 3 is 3.00 bits per heavy atom. The van der Waals surface area contributed by atoms with Gasteiger partial charge in [0.15, 0.2) is 0 Å². The van der Waals surface area contributed by atoms with Gasteiger partial charge in [0.2, 0.25) is 0 Å². The first-order chi connectivity index (χ1) is 7.79. The van der Waals surface area contributed by atoms with Crippen LogP contribution in [0.25, 0.3) is 0 Å². The number of rotatable bonds is 5. The second kappa shape index (κ2) is 5.57. The Bertz CT molecular complexity index is 420. The van der Waals surface area contributed by atoms with E-state index >= 15 is 0 Å². The maximum Gasteiger partial charge on any atom is 0.109 e. The van der Waals surface area contributed by atoms with Gasteiger partial charge < -0.3 is 5.32 Å². The summed E-state index contributed by atoms with van der Waals surface area (Å²) in [6.07, 6.45) is 3.07. The highest BCUT2D eigenvalue weighted by Crippen LogP contribution is 2.20. The molecule has 1 atom stereocenters. The molecular formula is C12H16N2S2. The van der Waals surface area contributed by atoms with Crippen molar-refractivity contribution in [1.29, 1.82) is 0 Å². The zero-order valence-corrected chi connectivity index (χ0v) is 11.2. The Morgan fingerprint density at radius 1 is 1.50 bits per heavy atom. The van der Waals surface area contributed by atoms with Crippen LogP contribution in [0.3, 0.4) is 0 Å². The minimum absolute atomic E-state index is 0.338. The molecule has 2 aromatic heterocycles. The first-order valence-corrected chi connectivity index (χ1v) is 7.24. The van der Waals surface area contributed by atoms with Gasteiger partial charge in [0.05, 0.1) is 6.04 Å². The number of aromatic nitrogens is 1. The summed E-state index contributed by atoms with van der Waals surface area (Å²) in [4.78, 5) is 5.81. The third-order valence-electron chi connectivity index (χ3n) is 2.48. The van der Waals surface area contributed by atoms with E-state index in [2.05, 4.69) is 41.0 Å². The smallest absolute Gasteiger partial charge is 0.109 e. The SMILES string of the molecule is CCc1cnc(C(C)NCc2ccsc2)s1. The molecule has 0 radical (unpaired) electrons. The average Bonchev–Trinajstić information content (AvgIpc) is 2.96. The van der Waals surface area contributed by atoms with Crippen molar-refractivity contribution in [2.24, 2.45) is 0 Å². The van der Waals surface area contributed by atoms with Gasteiger partial charge in [-0.3, -0.25) is 0 Å². The number of aryl methyl sites for hydroxylation is 1. The zero-order chi connectivity index (χ0) is 11.4. The van der Waals surface area contributed by atoms with Crippen LogP contribution in [0.5, 0.6) is 0 Å². The van der Waals surface area contributed by atoms with E-state index in [0.29, 0.717) is 6.04 Å². The van der Waals surface area contributed by atoms with E-state index < -0.39 is 0 Å². The van der Waals surface area contributed by atoms with Gasteiger partial charge in [-0.05, 0) is 35.7 Å². The summed E-state index contributed by atoms with van der Waals surface area (Å²) in [5, 5.41) is 8.97. The van der Waals surface area contributed by atoms with Crippen LogP contribution in [0.1, 0.15) is 35.3 Å². The average molecular weight is 252 g/mol. The largest absolute Gasteiger partial charge is 0.304 e. The van der Waals surface area contributed by atoms with Crippen LogP contribution in [0.4, 0.5) is 0 Å². The van der Waals surface area contributed by atoms with Crippen molar-refractivity contribution in [2.75, 3.05) is 0 Å². The molecule has 4 heteroatoms. The summed E-state index contributed by atoms with van der Waals surface area (Å²) in [6, 6.07) is 2.49. The second-order valence-corrected chi connectivity index (χ2v) is 5.68. The number of nitrogens with one attached hydrogen (secondary N) is 1. The van der Waals surface area contributed by atoms with Crippen LogP contribution < -0.4 is 5.32 Å². The molecule has 0 aliphatic heterocycles. The van der Waals surface area contributed by atoms with Crippen LogP contribution in [0.2, 0.25) is 0 Å². The lowest BCUT2D eigenvalue weighted by Crippen LogP contribution is -2.17. The molecule has 86 valence electrons. The number of hydrogen-bond acceptors (Lipinski definition) is 4. The molecule has 0 aliphatic rings. The summed E-state index contributed by atoms with van der Waals surface area (Å²) in [7, 11) is 0. The standard InChI is InChI=1S/C12H16N2S2/c1-3-11-7-14-12(16-11)9(2)13-6-10-4-5-15-8-10/h4-5,7-9,13H,3,6H2,1-2H3. The molecule has 2 nitrogen and oxygen atoms in total. The highest BCUT2D eigenvalue weighted by Gasteiger charge is 2.09. The van der Waals surface area contributed by atoms with E-state index in [1.54, 1.807) is 11.3 Å². The molecule has 1 unspecified atom stereocenters. The highest BCUT2D eigenvalue weighted by atomic mass is 32.1. The topological polar surface area (TPSA) is 24.9 Å². The summed E-state index contributed by atoms with van der Waals surface area (Å²) in [6.45, 7) is 5.26. The number of nitrogens with zero attached hydrogens (tertiary/aromatic N) is 1. The monoisotopic (exact) mass is 252 g/mol. The van der Waals surface area contributed by atoms with Gasteiger partial charge in [-0.25, -0.2) is 4.98 Å². The molecule has 0 amide bonds. The van der Waals surface area contributed by atoms with Crippen molar-refractivity contribution in [3.63, 3.8) is 0 Å².